The van der Waals surface area contributed by atoms with Crippen molar-refractivity contribution in [3.63, 3.8) is 0 Å². The third kappa shape index (κ3) is 4.91. The van der Waals surface area contributed by atoms with E-state index in [1.54, 1.807) is 0 Å². The molecule has 1 aromatic rings. The van der Waals surface area contributed by atoms with Crippen LogP contribution in [-0.2, 0) is 14.9 Å². The second kappa shape index (κ2) is 6.17. The van der Waals surface area contributed by atoms with Crippen molar-refractivity contribution in [1.29, 1.82) is 0 Å². The van der Waals surface area contributed by atoms with Crippen LogP contribution in [0.3, 0.4) is 0 Å². The molecule has 0 fully saturated rings. The van der Waals surface area contributed by atoms with Gasteiger partial charge in [-0.15, -0.1) is 0 Å². The van der Waals surface area contributed by atoms with E-state index < -0.39 is 16.1 Å². The van der Waals surface area contributed by atoms with E-state index in [1.165, 1.54) is 30.3 Å². The number of hydrogen-bond acceptors (Lipinski definition) is 4. The average Bonchev–Trinajstić information content (AvgIpc) is 2.14. The Balaban J connectivity index is 0.00000225. The van der Waals surface area contributed by atoms with Gasteiger partial charge in [0.25, 0.3) is 10.1 Å². The first kappa shape index (κ1) is 15.3. The smallest absolute Gasteiger partial charge is 0.545 e. The molecule has 1 aromatic carbocycles. The van der Waals surface area contributed by atoms with Gasteiger partial charge in [-0.1, -0.05) is 18.2 Å². The molecule has 0 bridgehead atoms. The van der Waals surface area contributed by atoms with Crippen LogP contribution < -0.4 is 34.7 Å². The maximum atomic E-state index is 10.6. The summed E-state index contributed by atoms with van der Waals surface area (Å²) in [6.07, 6.45) is 2.07. The molecule has 0 aliphatic heterocycles. The van der Waals surface area contributed by atoms with Crippen LogP contribution >= 0.6 is 0 Å². The number of carboxylic acid groups (broad SMARTS) is 1. The van der Waals surface area contributed by atoms with E-state index in [1.807, 2.05) is 0 Å². The Bertz CT molecular complexity index is 489. The monoisotopic (exact) mass is 250 g/mol. The molecule has 0 aromatic heterocycles. The summed E-state index contributed by atoms with van der Waals surface area (Å²) in [6.45, 7) is 0. The number of benzene rings is 1. The van der Waals surface area contributed by atoms with Crippen LogP contribution in [-0.4, -0.2) is 18.9 Å². The summed E-state index contributed by atoms with van der Waals surface area (Å²) in [6, 6.07) is 5.07. The molecule has 0 unspecified atom stereocenters. The molecule has 1 N–H and O–H groups in total. The van der Waals surface area contributed by atoms with Crippen LogP contribution in [0, 0.1) is 0 Å². The SMILES string of the molecule is O=C([O-])C=Cc1ccc(S(=O)(=O)O)cc1.[Na+]. The molecule has 0 radical (unpaired) electrons. The average molecular weight is 250 g/mol. The van der Waals surface area contributed by atoms with Crippen molar-refractivity contribution < 1.29 is 52.4 Å². The van der Waals surface area contributed by atoms with Crippen LogP contribution in [0.25, 0.3) is 6.08 Å². The molecular weight excluding hydrogens is 243 g/mol. The van der Waals surface area contributed by atoms with E-state index in [4.69, 9.17) is 4.55 Å². The standard InChI is InChI=1S/C9H8O5S.Na/c10-9(11)6-3-7-1-4-8(5-2-7)15(12,13)14;/h1-6H,(H,10,11)(H,12,13,14);/q;+1/p-1. The molecule has 0 atom stereocenters. The molecule has 1 rings (SSSR count). The summed E-state index contributed by atoms with van der Waals surface area (Å²) >= 11 is 0. The van der Waals surface area contributed by atoms with Gasteiger partial charge >= 0.3 is 29.6 Å². The summed E-state index contributed by atoms with van der Waals surface area (Å²) in [5.41, 5.74) is 0.492. The van der Waals surface area contributed by atoms with E-state index in [2.05, 4.69) is 0 Å². The zero-order valence-corrected chi connectivity index (χ0v) is 11.3. The minimum Gasteiger partial charge on any atom is -0.545 e. The van der Waals surface area contributed by atoms with Crippen molar-refractivity contribution in [2.75, 3.05) is 0 Å². The van der Waals surface area contributed by atoms with Gasteiger partial charge in [-0.2, -0.15) is 8.42 Å². The Morgan fingerprint density at radius 3 is 2.12 bits per heavy atom. The number of carbonyl (C=O) groups is 1. The second-order valence-corrected chi connectivity index (χ2v) is 4.12. The summed E-state index contributed by atoms with van der Waals surface area (Å²) in [5, 5.41) is 10.1. The molecule has 0 saturated heterocycles. The van der Waals surface area contributed by atoms with Gasteiger partial charge < -0.3 is 9.90 Å². The van der Waals surface area contributed by atoms with Crippen molar-refractivity contribution in [2.45, 2.75) is 4.90 Å². The zero-order chi connectivity index (χ0) is 11.5. The molecule has 0 spiro atoms. The molecule has 0 aliphatic carbocycles. The number of hydrogen-bond donors (Lipinski definition) is 1. The Morgan fingerprint density at radius 2 is 1.75 bits per heavy atom. The van der Waals surface area contributed by atoms with Crippen LogP contribution in [0.1, 0.15) is 5.56 Å². The minimum absolute atomic E-state index is 0. The summed E-state index contributed by atoms with van der Waals surface area (Å²) in [5.74, 6) is -1.34. The third-order valence-electron chi connectivity index (χ3n) is 1.59. The Kier molecular flexibility index (Phi) is 5.91. The van der Waals surface area contributed by atoms with E-state index in [0.29, 0.717) is 5.56 Å². The molecule has 5 nitrogen and oxygen atoms in total. The quantitative estimate of drug-likeness (QED) is 0.344. The fourth-order valence-electron chi connectivity index (χ4n) is 0.915. The largest absolute Gasteiger partial charge is 1.00 e. The molecule has 0 heterocycles. The van der Waals surface area contributed by atoms with E-state index in [9.17, 15) is 18.3 Å². The van der Waals surface area contributed by atoms with Crippen molar-refractivity contribution in [1.82, 2.24) is 0 Å². The maximum absolute atomic E-state index is 10.6. The van der Waals surface area contributed by atoms with Crippen molar-refractivity contribution in [3.8, 4) is 0 Å². The Morgan fingerprint density at radius 1 is 1.25 bits per heavy atom. The van der Waals surface area contributed by atoms with Gasteiger partial charge in [0.2, 0.25) is 0 Å². The van der Waals surface area contributed by atoms with Crippen molar-refractivity contribution >= 4 is 22.2 Å². The van der Waals surface area contributed by atoms with Gasteiger partial charge in [-0.05, 0) is 23.8 Å². The zero-order valence-electron chi connectivity index (χ0n) is 8.45. The van der Waals surface area contributed by atoms with Crippen LogP contribution in [0.5, 0.6) is 0 Å². The number of carbonyl (C=O) groups excluding carboxylic acids is 1. The topological polar surface area (TPSA) is 94.5 Å². The number of rotatable bonds is 3. The van der Waals surface area contributed by atoms with Gasteiger partial charge in [-0.25, -0.2) is 0 Å². The number of aliphatic carboxylic acids is 1. The van der Waals surface area contributed by atoms with Crippen LogP contribution in [0.15, 0.2) is 35.2 Å². The maximum Gasteiger partial charge on any atom is 1.00 e. The van der Waals surface area contributed by atoms with Gasteiger partial charge in [0.05, 0.1) is 10.9 Å². The molecule has 16 heavy (non-hydrogen) atoms. The van der Waals surface area contributed by atoms with Gasteiger partial charge in [0.15, 0.2) is 0 Å². The fourth-order valence-corrected chi connectivity index (χ4v) is 1.40. The molecule has 0 amide bonds. The van der Waals surface area contributed by atoms with Gasteiger partial charge in [0.1, 0.15) is 0 Å². The first-order valence-corrected chi connectivity index (χ1v) is 5.30. The van der Waals surface area contributed by atoms with Crippen LogP contribution in [0.2, 0.25) is 0 Å². The summed E-state index contributed by atoms with van der Waals surface area (Å²) in [7, 11) is -4.20. The summed E-state index contributed by atoms with van der Waals surface area (Å²) < 4.78 is 29.9. The van der Waals surface area contributed by atoms with E-state index >= 15 is 0 Å². The predicted octanol–water partition coefficient (Wildman–Crippen LogP) is -3.30. The Hall–Kier alpha value is -0.660. The van der Waals surface area contributed by atoms with Crippen LogP contribution in [0.4, 0.5) is 0 Å². The minimum atomic E-state index is -4.20. The molecule has 0 aliphatic rings. The molecule has 0 saturated carbocycles. The summed E-state index contributed by atoms with van der Waals surface area (Å²) in [4.78, 5) is 9.82. The normalized spacial score (nSPS) is 11.1. The molecule has 7 heteroatoms. The second-order valence-electron chi connectivity index (χ2n) is 2.70. The first-order chi connectivity index (χ1) is 6.89. The van der Waals surface area contributed by atoms with Crippen molar-refractivity contribution in [3.05, 3.63) is 35.9 Å². The van der Waals surface area contributed by atoms with Gasteiger partial charge in [-0.3, -0.25) is 4.55 Å². The third-order valence-corrected chi connectivity index (χ3v) is 2.46. The van der Waals surface area contributed by atoms with E-state index in [0.717, 1.165) is 6.08 Å². The number of carboxylic acids is 1. The van der Waals surface area contributed by atoms with Gasteiger partial charge in [0, 0.05) is 0 Å². The van der Waals surface area contributed by atoms with E-state index in [-0.39, 0.29) is 34.5 Å². The first-order valence-electron chi connectivity index (χ1n) is 3.86. The Labute approximate surface area is 115 Å². The molecular formula is C9H7NaO5S. The molecule has 80 valence electrons. The van der Waals surface area contributed by atoms with Crippen molar-refractivity contribution in [2.24, 2.45) is 0 Å². The fraction of sp³-hybridized carbons (Fsp3) is 0. The predicted molar refractivity (Wildman–Crippen MR) is 50.3 cm³/mol.